The van der Waals surface area contributed by atoms with E-state index in [0.29, 0.717) is 5.41 Å². The Balaban J connectivity index is 2.51. The molecule has 0 aliphatic heterocycles. The van der Waals surface area contributed by atoms with E-state index in [1.165, 1.54) is 24.8 Å². The predicted octanol–water partition coefficient (Wildman–Crippen LogP) is 3.39. The molecule has 0 N–H and O–H groups in total. The van der Waals surface area contributed by atoms with Crippen molar-refractivity contribution < 1.29 is 0 Å². The lowest BCUT2D eigenvalue weighted by Crippen LogP contribution is -2.05. The van der Waals surface area contributed by atoms with Crippen LogP contribution in [0.4, 0.5) is 0 Å². The lowest BCUT2D eigenvalue weighted by atomic mass is 9.89. The summed E-state index contributed by atoms with van der Waals surface area (Å²) in [5, 5.41) is 0. The van der Waals surface area contributed by atoms with Crippen LogP contribution < -0.4 is 0 Å². The van der Waals surface area contributed by atoms with E-state index in [9.17, 15) is 0 Å². The molecule has 1 saturated carbocycles. The second-order valence-corrected chi connectivity index (χ2v) is 4.45. The molecule has 1 unspecified atom stereocenters. The Morgan fingerprint density at radius 2 is 2.10 bits per heavy atom. The smallest absolute Gasteiger partial charge is 0.0203 e. The first-order chi connectivity index (χ1) is 4.51. The molecule has 0 saturated heterocycles. The predicted molar refractivity (Wildman–Crippen MR) is 45.9 cm³/mol. The van der Waals surface area contributed by atoms with Gasteiger partial charge in [0.15, 0.2) is 0 Å². The van der Waals surface area contributed by atoms with Crippen LogP contribution in [0.2, 0.25) is 0 Å². The van der Waals surface area contributed by atoms with Crippen molar-refractivity contribution in [1.82, 2.24) is 0 Å². The van der Waals surface area contributed by atoms with E-state index in [2.05, 4.69) is 27.4 Å². The van der Waals surface area contributed by atoms with Crippen molar-refractivity contribution in [3.8, 4) is 0 Å². The fourth-order valence-corrected chi connectivity index (χ4v) is 1.86. The highest BCUT2D eigenvalue weighted by atomic mass is 14.4. The van der Waals surface area contributed by atoms with Crippen LogP contribution in [0.15, 0.2) is 12.2 Å². The van der Waals surface area contributed by atoms with Gasteiger partial charge in [0.25, 0.3) is 0 Å². The van der Waals surface area contributed by atoms with Gasteiger partial charge in [0, 0.05) is 0 Å². The van der Waals surface area contributed by atoms with Gasteiger partial charge in [-0.1, -0.05) is 26.0 Å². The van der Waals surface area contributed by atoms with Crippen molar-refractivity contribution in [3.63, 3.8) is 0 Å². The molecule has 58 valence electrons. The van der Waals surface area contributed by atoms with Gasteiger partial charge < -0.3 is 0 Å². The van der Waals surface area contributed by atoms with E-state index >= 15 is 0 Å². The molecule has 0 spiro atoms. The molecule has 1 fully saturated rings. The maximum atomic E-state index is 4.00. The largest absolute Gasteiger partial charge is 0.0999 e. The van der Waals surface area contributed by atoms with Gasteiger partial charge in [-0.3, -0.25) is 0 Å². The van der Waals surface area contributed by atoms with Crippen LogP contribution in [0, 0.1) is 11.3 Å². The molecule has 0 heteroatoms. The van der Waals surface area contributed by atoms with Crippen LogP contribution in [0.3, 0.4) is 0 Å². The fraction of sp³-hybridized carbons (Fsp3) is 0.800. The Bertz CT molecular complexity index is 142. The van der Waals surface area contributed by atoms with Gasteiger partial charge in [0.05, 0.1) is 0 Å². The molecular formula is C10H18. The normalized spacial score (nSPS) is 30.5. The van der Waals surface area contributed by atoms with E-state index in [-0.39, 0.29) is 0 Å². The average molecular weight is 138 g/mol. The highest BCUT2D eigenvalue weighted by Crippen LogP contribution is 2.43. The van der Waals surface area contributed by atoms with E-state index in [0.717, 1.165) is 5.92 Å². The summed E-state index contributed by atoms with van der Waals surface area (Å²) in [4.78, 5) is 0. The maximum Gasteiger partial charge on any atom is -0.0203 e. The molecule has 0 aromatic rings. The zero-order valence-corrected chi connectivity index (χ0v) is 7.41. The van der Waals surface area contributed by atoms with Crippen molar-refractivity contribution in [1.29, 1.82) is 0 Å². The third kappa shape index (κ3) is 1.62. The monoisotopic (exact) mass is 138 g/mol. The second-order valence-electron chi connectivity index (χ2n) is 4.45. The molecule has 0 aromatic heterocycles. The van der Waals surface area contributed by atoms with Crippen LogP contribution >= 0.6 is 0 Å². The summed E-state index contributed by atoms with van der Waals surface area (Å²) in [6.45, 7) is 10.9. The van der Waals surface area contributed by atoms with Gasteiger partial charge >= 0.3 is 0 Å². The van der Waals surface area contributed by atoms with Gasteiger partial charge in [0.1, 0.15) is 0 Å². The minimum absolute atomic E-state index is 0.587. The van der Waals surface area contributed by atoms with Crippen molar-refractivity contribution in [3.05, 3.63) is 12.2 Å². The highest BCUT2D eigenvalue weighted by molar-refractivity contribution is 5.01. The van der Waals surface area contributed by atoms with Crippen LogP contribution in [0.5, 0.6) is 0 Å². The summed E-state index contributed by atoms with van der Waals surface area (Å²) in [5.41, 5.74) is 1.97. The summed E-state index contributed by atoms with van der Waals surface area (Å²) in [6, 6.07) is 0. The molecule has 0 aromatic carbocycles. The Labute approximate surface area is 64.3 Å². The van der Waals surface area contributed by atoms with Crippen LogP contribution in [-0.4, -0.2) is 0 Å². The Hall–Kier alpha value is -0.260. The molecule has 0 bridgehead atoms. The summed E-state index contributed by atoms with van der Waals surface area (Å²) in [5.74, 6) is 0.815. The lowest BCUT2D eigenvalue weighted by Gasteiger charge is -2.16. The van der Waals surface area contributed by atoms with Gasteiger partial charge in [0.2, 0.25) is 0 Å². The molecule has 1 atom stereocenters. The Morgan fingerprint density at radius 3 is 2.30 bits per heavy atom. The van der Waals surface area contributed by atoms with Gasteiger partial charge in [-0.15, -0.1) is 0 Å². The number of allylic oxidation sites excluding steroid dienone is 1. The van der Waals surface area contributed by atoms with Crippen LogP contribution in [-0.2, 0) is 0 Å². The molecular weight excluding hydrogens is 120 g/mol. The van der Waals surface area contributed by atoms with E-state index in [4.69, 9.17) is 0 Å². The van der Waals surface area contributed by atoms with Gasteiger partial charge in [-0.05, 0) is 37.5 Å². The summed E-state index contributed by atoms with van der Waals surface area (Å²) in [6.07, 6.45) is 4.09. The first kappa shape index (κ1) is 7.84. The molecule has 1 aliphatic rings. The fourth-order valence-electron chi connectivity index (χ4n) is 1.86. The van der Waals surface area contributed by atoms with E-state index < -0.39 is 0 Å². The van der Waals surface area contributed by atoms with Crippen molar-refractivity contribution >= 4 is 0 Å². The molecule has 10 heavy (non-hydrogen) atoms. The Kier molecular flexibility index (Phi) is 1.89. The zero-order chi connectivity index (χ0) is 7.78. The summed E-state index contributed by atoms with van der Waals surface area (Å²) >= 11 is 0. The highest BCUT2D eigenvalue weighted by Gasteiger charge is 2.30. The summed E-state index contributed by atoms with van der Waals surface area (Å²) in [7, 11) is 0. The number of rotatable bonds is 1. The standard InChI is InChI=1S/C10H18/c1-8(2)9-5-6-10(3,4)7-9/h9H,1,5-7H2,2-4H3. The molecule has 0 amide bonds. The topological polar surface area (TPSA) is 0 Å². The average Bonchev–Trinajstić information content (AvgIpc) is 2.10. The minimum Gasteiger partial charge on any atom is -0.0999 e. The van der Waals surface area contributed by atoms with E-state index in [1.807, 2.05) is 0 Å². The quantitative estimate of drug-likeness (QED) is 0.487. The van der Waals surface area contributed by atoms with Crippen molar-refractivity contribution in [2.45, 2.75) is 40.0 Å². The first-order valence-corrected chi connectivity index (χ1v) is 4.17. The molecule has 1 aliphatic carbocycles. The number of hydrogen-bond donors (Lipinski definition) is 0. The van der Waals surface area contributed by atoms with Crippen molar-refractivity contribution in [2.24, 2.45) is 11.3 Å². The maximum absolute atomic E-state index is 4.00. The second kappa shape index (κ2) is 2.41. The first-order valence-electron chi connectivity index (χ1n) is 4.17. The summed E-state index contributed by atoms with van der Waals surface area (Å²) < 4.78 is 0. The van der Waals surface area contributed by atoms with Gasteiger partial charge in [-0.25, -0.2) is 0 Å². The SMILES string of the molecule is C=C(C)C1CCC(C)(C)C1. The molecule has 0 heterocycles. The van der Waals surface area contributed by atoms with Crippen molar-refractivity contribution in [2.75, 3.05) is 0 Å². The number of hydrogen-bond acceptors (Lipinski definition) is 0. The molecule has 1 rings (SSSR count). The molecule has 0 nitrogen and oxygen atoms in total. The third-order valence-corrected chi connectivity index (χ3v) is 2.67. The minimum atomic E-state index is 0.587. The zero-order valence-electron chi connectivity index (χ0n) is 7.41. The Morgan fingerprint density at radius 1 is 1.50 bits per heavy atom. The van der Waals surface area contributed by atoms with Crippen LogP contribution in [0.25, 0.3) is 0 Å². The van der Waals surface area contributed by atoms with E-state index in [1.54, 1.807) is 0 Å². The lowest BCUT2D eigenvalue weighted by molar-refractivity contribution is 0.370. The molecule has 0 radical (unpaired) electrons. The van der Waals surface area contributed by atoms with Crippen LogP contribution in [0.1, 0.15) is 40.0 Å². The van der Waals surface area contributed by atoms with Gasteiger partial charge in [-0.2, -0.15) is 0 Å². The third-order valence-electron chi connectivity index (χ3n) is 2.67.